The standard InChI is InChI=1S/C25H21FN2O3S2/c26-12-8-6-11(7-9-12)16-17-14-10-15(20(17)32-22-21(16)33-25(31)27-22)19-18(14)23(29)28(24(19)30)13-4-2-1-3-5-13/h1-9,14-20,23,29H,10H2,(H,27,31)/t14-,15-,16-,17-,18+,19-,20-,23?/m1/s1. The minimum absolute atomic E-state index is 0.00758. The Labute approximate surface area is 197 Å². The Morgan fingerprint density at radius 2 is 1.76 bits per heavy atom. The molecule has 8 atom stereocenters. The van der Waals surface area contributed by atoms with Crippen molar-refractivity contribution >= 4 is 34.7 Å². The summed E-state index contributed by atoms with van der Waals surface area (Å²) in [5, 5.41) is 12.4. The van der Waals surface area contributed by atoms with Crippen LogP contribution >= 0.6 is 23.1 Å². The van der Waals surface area contributed by atoms with Gasteiger partial charge in [0.2, 0.25) is 5.91 Å². The van der Waals surface area contributed by atoms with Crippen molar-refractivity contribution in [3.63, 3.8) is 0 Å². The summed E-state index contributed by atoms with van der Waals surface area (Å²) in [6.45, 7) is 0. The monoisotopic (exact) mass is 480 g/mol. The first-order valence-electron chi connectivity index (χ1n) is 11.2. The molecule has 1 unspecified atom stereocenters. The number of aliphatic hydroxyl groups is 1. The average Bonchev–Trinajstić information content (AvgIpc) is 3.54. The highest BCUT2D eigenvalue weighted by atomic mass is 32.2. The minimum Gasteiger partial charge on any atom is -0.373 e. The van der Waals surface area contributed by atoms with Gasteiger partial charge >= 0.3 is 4.87 Å². The number of thioether (sulfide) groups is 1. The Kier molecular flexibility index (Phi) is 4.27. The first kappa shape index (κ1) is 20.0. The third-order valence-electron chi connectivity index (χ3n) is 8.17. The summed E-state index contributed by atoms with van der Waals surface area (Å²) in [6.07, 6.45) is 0.0473. The number of hydrogen-bond donors (Lipinski definition) is 2. The number of aromatic nitrogens is 1. The van der Waals surface area contributed by atoms with Gasteiger partial charge in [-0.15, -0.1) is 11.8 Å². The van der Waals surface area contributed by atoms with E-state index in [1.54, 1.807) is 16.7 Å². The minimum atomic E-state index is -0.855. The summed E-state index contributed by atoms with van der Waals surface area (Å²) in [4.78, 5) is 31.3. The summed E-state index contributed by atoms with van der Waals surface area (Å²) >= 11 is 2.92. The van der Waals surface area contributed by atoms with Gasteiger partial charge in [0, 0.05) is 33.6 Å². The zero-order chi connectivity index (χ0) is 22.4. The highest BCUT2D eigenvalue weighted by molar-refractivity contribution is 8.00. The third kappa shape index (κ3) is 2.68. The van der Waals surface area contributed by atoms with E-state index in [0.717, 1.165) is 27.6 Å². The molecule has 0 radical (unpaired) electrons. The van der Waals surface area contributed by atoms with Gasteiger partial charge in [-0.05, 0) is 54.0 Å². The number of aliphatic hydroxyl groups excluding tert-OH is 1. The summed E-state index contributed by atoms with van der Waals surface area (Å²) < 4.78 is 13.7. The molecular weight excluding hydrogens is 459 g/mol. The lowest BCUT2D eigenvalue weighted by Gasteiger charge is -2.44. The highest BCUT2D eigenvalue weighted by Gasteiger charge is 2.69. The maximum Gasteiger partial charge on any atom is 0.305 e. The van der Waals surface area contributed by atoms with Gasteiger partial charge in [-0.25, -0.2) is 4.39 Å². The first-order chi connectivity index (χ1) is 16.0. The van der Waals surface area contributed by atoms with Gasteiger partial charge in [0.25, 0.3) is 0 Å². The van der Waals surface area contributed by atoms with Crippen molar-refractivity contribution in [2.24, 2.45) is 29.6 Å². The predicted octanol–water partition coefficient (Wildman–Crippen LogP) is 4.05. The molecule has 8 heteroatoms. The molecule has 2 aromatic carbocycles. The van der Waals surface area contributed by atoms with Crippen LogP contribution in [0, 0.1) is 35.4 Å². The van der Waals surface area contributed by atoms with Gasteiger partial charge in [-0.2, -0.15) is 0 Å². The van der Waals surface area contributed by atoms with Crippen LogP contribution in [0.2, 0.25) is 0 Å². The number of hydrogen-bond acceptors (Lipinski definition) is 5. The number of aromatic amines is 1. The molecule has 7 rings (SSSR count). The van der Waals surface area contributed by atoms with Crippen LogP contribution in [0.4, 0.5) is 10.1 Å². The number of benzene rings is 2. The topological polar surface area (TPSA) is 73.4 Å². The van der Waals surface area contributed by atoms with E-state index < -0.39 is 6.23 Å². The van der Waals surface area contributed by atoms with Gasteiger partial charge in [-0.3, -0.25) is 14.5 Å². The van der Waals surface area contributed by atoms with E-state index in [4.69, 9.17) is 0 Å². The molecule has 1 aromatic heterocycles. The van der Waals surface area contributed by atoms with E-state index in [1.165, 1.54) is 23.5 Å². The molecule has 3 fully saturated rings. The zero-order valence-corrected chi connectivity index (χ0v) is 19.1. The summed E-state index contributed by atoms with van der Waals surface area (Å²) in [7, 11) is 0. The Bertz CT molecular complexity index is 1310. The number of fused-ring (bicyclic) bond motifs is 9. The van der Waals surface area contributed by atoms with Crippen molar-refractivity contribution < 1.29 is 14.3 Å². The Balaban J connectivity index is 1.33. The molecule has 3 heterocycles. The quantitative estimate of drug-likeness (QED) is 0.581. The zero-order valence-electron chi connectivity index (χ0n) is 17.4. The Morgan fingerprint density at radius 1 is 1.00 bits per heavy atom. The number of carbonyl (C=O) groups is 1. The molecule has 2 bridgehead atoms. The van der Waals surface area contributed by atoms with Crippen LogP contribution in [0.1, 0.15) is 22.8 Å². The fourth-order valence-electron chi connectivity index (χ4n) is 7.11. The van der Waals surface area contributed by atoms with Crippen molar-refractivity contribution in [3.05, 3.63) is 80.5 Å². The Morgan fingerprint density at radius 3 is 2.52 bits per heavy atom. The van der Waals surface area contributed by atoms with E-state index in [2.05, 4.69) is 4.98 Å². The second kappa shape index (κ2) is 7.04. The lowest BCUT2D eigenvalue weighted by molar-refractivity contribution is -0.122. The van der Waals surface area contributed by atoms with E-state index >= 15 is 0 Å². The molecule has 2 saturated carbocycles. The summed E-state index contributed by atoms with van der Waals surface area (Å²) in [6, 6.07) is 16.0. The molecule has 168 valence electrons. The van der Waals surface area contributed by atoms with Crippen molar-refractivity contribution in [1.29, 1.82) is 0 Å². The number of anilines is 1. The SMILES string of the molecule is O=C1[C@@H]2[C@H]3C[C@@H]([C@@H]2C(O)N1c1ccccc1)[C@@H]1[C@@H](c2ccc(F)cc2)c2sc(=O)[nH]c2S[C@H]31. The van der Waals surface area contributed by atoms with Crippen molar-refractivity contribution in [2.45, 2.75) is 28.8 Å². The maximum absolute atomic E-state index is 13.7. The maximum atomic E-state index is 13.7. The van der Waals surface area contributed by atoms with Crippen LogP contribution in [0.5, 0.6) is 0 Å². The molecule has 2 N–H and O–H groups in total. The number of carbonyl (C=O) groups excluding carboxylic acids is 1. The average molecular weight is 481 g/mol. The van der Waals surface area contributed by atoms with Crippen molar-refractivity contribution in [3.8, 4) is 0 Å². The van der Waals surface area contributed by atoms with Gasteiger partial charge in [0.1, 0.15) is 12.0 Å². The fourth-order valence-corrected chi connectivity index (χ4v) is 10.0. The number of nitrogens with one attached hydrogen (secondary N) is 1. The lowest BCUT2D eigenvalue weighted by Crippen LogP contribution is -2.43. The largest absolute Gasteiger partial charge is 0.373 e. The molecule has 3 aromatic rings. The molecule has 2 aliphatic carbocycles. The van der Waals surface area contributed by atoms with Gasteiger partial charge in [0.05, 0.1) is 5.03 Å². The highest BCUT2D eigenvalue weighted by Crippen LogP contribution is 2.69. The van der Waals surface area contributed by atoms with Crippen molar-refractivity contribution in [2.75, 3.05) is 4.90 Å². The predicted molar refractivity (Wildman–Crippen MR) is 125 cm³/mol. The van der Waals surface area contributed by atoms with Crippen LogP contribution in [-0.2, 0) is 4.79 Å². The number of H-pyrrole nitrogens is 1. The van der Waals surface area contributed by atoms with Crippen molar-refractivity contribution in [1.82, 2.24) is 4.98 Å². The van der Waals surface area contributed by atoms with Crippen LogP contribution in [0.15, 0.2) is 64.4 Å². The normalized spacial score (nSPS) is 36.1. The molecule has 33 heavy (non-hydrogen) atoms. The van der Waals surface area contributed by atoms with Crippen LogP contribution in [0.3, 0.4) is 0 Å². The van der Waals surface area contributed by atoms with E-state index in [1.807, 2.05) is 42.5 Å². The Hall–Kier alpha value is -2.42. The molecule has 1 saturated heterocycles. The van der Waals surface area contributed by atoms with Gasteiger partial charge < -0.3 is 10.1 Å². The van der Waals surface area contributed by atoms with Crippen LogP contribution in [-0.4, -0.2) is 27.5 Å². The molecule has 0 spiro atoms. The summed E-state index contributed by atoms with van der Waals surface area (Å²) in [5.74, 6) is -0.177. The lowest BCUT2D eigenvalue weighted by atomic mass is 9.68. The summed E-state index contributed by atoms with van der Waals surface area (Å²) in [5.41, 5.74) is 1.73. The van der Waals surface area contributed by atoms with Crippen LogP contribution in [0.25, 0.3) is 0 Å². The smallest absolute Gasteiger partial charge is 0.305 e. The number of nitrogens with zero attached hydrogens (tertiary/aromatic N) is 1. The van der Waals surface area contributed by atoms with E-state index in [9.17, 15) is 19.1 Å². The molecule has 5 nitrogen and oxygen atoms in total. The van der Waals surface area contributed by atoms with Gasteiger partial charge in [0.15, 0.2) is 0 Å². The number of para-hydroxylation sites is 1. The number of amides is 1. The molecule has 2 aliphatic heterocycles. The number of rotatable bonds is 2. The van der Waals surface area contributed by atoms with Crippen LogP contribution < -0.4 is 9.77 Å². The second-order valence-electron chi connectivity index (χ2n) is 9.52. The fraction of sp³-hybridized carbons (Fsp3) is 0.360. The molecular formula is C25H21FN2O3S2. The second-order valence-corrected chi connectivity index (χ2v) is 11.7. The third-order valence-corrected chi connectivity index (χ3v) is 10.8. The van der Waals surface area contributed by atoms with E-state index in [-0.39, 0.29) is 57.4 Å². The first-order valence-corrected chi connectivity index (χ1v) is 12.9. The van der Waals surface area contributed by atoms with Gasteiger partial charge in [-0.1, -0.05) is 41.7 Å². The number of halogens is 1. The van der Waals surface area contributed by atoms with E-state index in [0.29, 0.717) is 0 Å². The molecule has 4 aliphatic rings. The molecule has 1 amide bonds. The number of thiazole rings is 1.